The van der Waals surface area contributed by atoms with Crippen LogP contribution in [-0.4, -0.2) is 43.3 Å². The lowest BCUT2D eigenvalue weighted by molar-refractivity contribution is -0.146. The van der Waals surface area contributed by atoms with Crippen molar-refractivity contribution < 1.29 is 13.2 Å². The van der Waals surface area contributed by atoms with Crippen molar-refractivity contribution >= 4 is 0 Å². The van der Waals surface area contributed by atoms with Crippen molar-refractivity contribution in [3.63, 3.8) is 0 Å². The molecule has 1 unspecified atom stereocenters. The van der Waals surface area contributed by atoms with Crippen molar-refractivity contribution in [2.75, 3.05) is 26.2 Å². The standard InChI is InChI=1S/C13H27F3N2/c1-4-7-12(17-8-5-2)10-18(9-6-3)11-13(14,15)16/h12,17H,4-11H2,1-3H3. The minimum Gasteiger partial charge on any atom is -0.313 e. The minimum absolute atomic E-state index is 0.170. The zero-order valence-electron chi connectivity index (χ0n) is 11.8. The summed E-state index contributed by atoms with van der Waals surface area (Å²) in [5, 5.41) is 3.34. The molecule has 0 saturated heterocycles. The van der Waals surface area contributed by atoms with Crippen LogP contribution in [0.5, 0.6) is 0 Å². The predicted octanol–water partition coefficient (Wildman–Crippen LogP) is 3.43. The summed E-state index contributed by atoms with van der Waals surface area (Å²) in [4.78, 5) is 1.52. The van der Waals surface area contributed by atoms with Crippen molar-refractivity contribution in [2.24, 2.45) is 0 Å². The summed E-state index contributed by atoms with van der Waals surface area (Å²) >= 11 is 0. The van der Waals surface area contributed by atoms with Crippen LogP contribution in [-0.2, 0) is 0 Å². The second kappa shape index (κ2) is 9.62. The Morgan fingerprint density at radius 2 is 1.72 bits per heavy atom. The summed E-state index contributed by atoms with van der Waals surface area (Å²) in [6.07, 6.45) is -0.419. The van der Waals surface area contributed by atoms with E-state index in [2.05, 4.69) is 19.2 Å². The van der Waals surface area contributed by atoms with Gasteiger partial charge in [0, 0.05) is 12.6 Å². The topological polar surface area (TPSA) is 15.3 Å². The Morgan fingerprint density at radius 3 is 2.17 bits per heavy atom. The van der Waals surface area contributed by atoms with Gasteiger partial charge in [-0.05, 0) is 32.4 Å². The highest BCUT2D eigenvalue weighted by Crippen LogP contribution is 2.17. The monoisotopic (exact) mass is 268 g/mol. The highest BCUT2D eigenvalue weighted by atomic mass is 19.4. The van der Waals surface area contributed by atoms with Crippen molar-refractivity contribution in [3.8, 4) is 0 Å². The highest BCUT2D eigenvalue weighted by molar-refractivity contribution is 4.73. The van der Waals surface area contributed by atoms with Gasteiger partial charge in [-0.2, -0.15) is 13.2 Å². The zero-order valence-corrected chi connectivity index (χ0v) is 11.8. The molecule has 0 aromatic heterocycles. The van der Waals surface area contributed by atoms with Crippen LogP contribution < -0.4 is 5.32 Å². The SMILES string of the molecule is CCCNC(CCC)CN(CCC)CC(F)(F)F. The van der Waals surface area contributed by atoms with E-state index < -0.39 is 12.7 Å². The first-order valence-corrected chi connectivity index (χ1v) is 6.95. The van der Waals surface area contributed by atoms with Gasteiger partial charge in [0.25, 0.3) is 0 Å². The average Bonchev–Trinajstić information content (AvgIpc) is 2.24. The van der Waals surface area contributed by atoms with Crippen molar-refractivity contribution in [2.45, 2.75) is 58.7 Å². The van der Waals surface area contributed by atoms with Crippen LogP contribution in [0.25, 0.3) is 0 Å². The smallest absolute Gasteiger partial charge is 0.313 e. The molecule has 0 spiro atoms. The Kier molecular flexibility index (Phi) is 9.46. The molecule has 0 aliphatic rings. The van der Waals surface area contributed by atoms with Gasteiger partial charge < -0.3 is 5.32 Å². The molecule has 0 aliphatic heterocycles. The number of halogens is 3. The Hall–Kier alpha value is -0.290. The molecular weight excluding hydrogens is 241 g/mol. The molecule has 0 aromatic carbocycles. The lowest BCUT2D eigenvalue weighted by atomic mass is 10.1. The molecule has 18 heavy (non-hydrogen) atoms. The van der Waals surface area contributed by atoms with E-state index >= 15 is 0 Å². The molecule has 1 atom stereocenters. The summed E-state index contributed by atoms with van der Waals surface area (Å²) in [5.41, 5.74) is 0. The van der Waals surface area contributed by atoms with Gasteiger partial charge in [0.05, 0.1) is 6.54 Å². The molecule has 0 radical (unpaired) electrons. The Morgan fingerprint density at radius 1 is 1.06 bits per heavy atom. The molecule has 110 valence electrons. The minimum atomic E-state index is -4.10. The molecule has 0 aliphatic carbocycles. The number of nitrogens with zero attached hydrogens (tertiary/aromatic N) is 1. The molecule has 0 fully saturated rings. The van der Waals surface area contributed by atoms with Crippen molar-refractivity contribution in [3.05, 3.63) is 0 Å². The third-order valence-electron chi connectivity index (χ3n) is 2.74. The second-order valence-corrected chi connectivity index (χ2v) is 4.79. The molecule has 0 aromatic rings. The summed E-state index contributed by atoms with van der Waals surface area (Å²) in [6.45, 7) is 7.11. The predicted molar refractivity (Wildman–Crippen MR) is 69.8 cm³/mol. The van der Waals surface area contributed by atoms with Gasteiger partial charge in [0.15, 0.2) is 0 Å². The van der Waals surface area contributed by atoms with Gasteiger partial charge in [0.1, 0.15) is 0 Å². The lowest BCUT2D eigenvalue weighted by Gasteiger charge is -2.28. The summed E-state index contributed by atoms with van der Waals surface area (Å²) in [6, 6.07) is 0.170. The Labute approximate surface area is 109 Å². The molecule has 0 amide bonds. The van der Waals surface area contributed by atoms with E-state index in [-0.39, 0.29) is 6.04 Å². The van der Waals surface area contributed by atoms with Crippen LogP contribution in [0.15, 0.2) is 0 Å². The fourth-order valence-corrected chi connectivity index (χ4v) is 2.07. The maximum absolute atomic E-state index is 12.5. The molecule has 0 heterocycles. The number of rotatable bonds is 10. The third-order valence-corrected chi connectivity index (χ3v) is 2.74. The normalized spacial score (nSPS) is 14.2. The van der Waals surface area contributed by atoms with Crippen molar-refractivity contribution in [1.82, 2.24) is 10.2 Å². The number of nitrogens with one attached hydrogen (secondary N) is 1. The quantitative estimate of drug-likeness (QED) is 0.653. The Bertz CT molecular complexity index is 195. The van der Waals surface area contributed by atoms with Crippen LogP contribution in [0, 0.1) is 0 Å². The van der Waals surface area contributed by atoms with Gasteiger partial charge >= 0.3 is 6.18 Å². The van der Waals surface area contributed by atoms with E-state index in [1.807, 2.05) is 6.92 Å². The molecule has 5 heteroatoms. The van der Waals surface area contributed by atoms with E-state index in [0.717, 1.165) is 32.2 Å². The third kappa shape index (κ3) is 9.71. The van der Waals surface area contributed by atoms with Crippen LogP contribution in [0.4, 0.5) is 13.2 Å². The van der Waals surface area contributed by atoms with E-state index in [9.17, 15) is 13.2 Å². The molecular formula is C13H27F3N2. The first-order chi connectivity index (χ1) is 8.42. The molecule has 0 rings (SSSR count). The fourth-order valence-electron chi connectivity index (χ4n) is 2.07. The zero-order chi connectivity index (χ0) is 14.0. The number of hydrogen-bond donors (Lipinski definition) is 1. The fraction of sp³-hybridized carbons (Fsp3) is 1.00. The Balaban J connectivity index is 4.30. The van der Waals surface area contributed by atoms with Gasteiger partial charge in [0.2, 0.25) is 0 Å². The summed E-state index contributed by atoms with van der Waals surface area (Å²) < 4.78 is 37.4. The first kappa shape index (κ1) is 17.7. The number of alkyl halides is 3. The second-order valence-electron chi connectivity index (χ2n) is 4.79. The van der Waals surface area contributed by atoms with E-state index in [1.165, 1.54) is 4.90 Å². The van der Waals surface area contributed by atoms with E-state index in [1.54, 1.807) is 0 Å². The highest BCUT2D eigenvalue weighted by Gasteiger charge is 2.31. The van der Waals surface area contributed by atoms with Gasteiger partial charge in [-0.3, -0.25) is 4.90 Å². The van der Waals surface area contributed by atoms with E-state index in [4.69, 9.17) is 0 Å². The summed E-state index contributed by atoms with van der Waals surface area (Å²) in [5.74, 6) is 0. The number of hydrogen-bond acceptors (Lipinski definition) is 2. The molecule has 2 nitrogen and oxygen atoms in total. The van der Waals surface area contributed by atoms with Crippen LogP contribution in [0.3, 0.4) is 0 Å². The molecule has 0 saturated carbocycles. The van der Waals surface area contributed by atoms with Crippen LogP contribution >= 0.6 is 0 Å². The largest absolute Gasteiger partial charge is 0.401 e. The maximum Gasteiger partial charge on any atom is 0.401 e. The van der Waals surface area contributed by atoms with Crippen molar-refractivity contribution in [1.29, 1.82) is 0 Å². The van der Waals surface area contributed by atoms with Crippen LogP contribution in [0.2, 0.25) is 0 Å². The van der Waals surface area contributed by atoms with Gasteiger partial charge in [-0.15, -0.1) is 0 Å². The van der Waals surface area contributed by atoms with Gasteiger partial charge in [-0.25, -0.2) is 0 Å². The molecule has 0 bridgehead atoms. The van der Waals surface area contributed by atoms with Gasteiger partial charge in [-0.1, -0.05) is 27.2 Å². The average molecular weight is 268 g/mol. The summed E-state index contributed by atoms with van der Waals surface area (Å²) in [7, 11) is 0. The first-order valence-electron chi connectivity index (χ1n) is 6.95. The molecule has 1 N–H and O–H groups in total. The van der Waals surface area contributed by atoms with E-state index in [0.29, 0.717) is 13.1 Å². The maximum atomic E-state index is 12.5. The van der Waals surface area contributed by atoms with Crippen LogP contribution in [0.1, 0.15) is 46.5 Å². The lowest BCUT2D eigenvalue weighted by Crippen LogP contribution is -2.45.